The summed E-state index contributed by atoms with van der Waals surface area (Å²) in [5.74, 6) is -1.47. The Labute approximate surface area is 79.8 Å². The summed E-state index contributed by atoms with van der Waals surface area (Å²) in [6.07, 6.45) is 1.17. The Morgan fingerprint density at radius 2 is 2.36 bits per heavy atom. The molecular formula is C6H8N2O5S. The van der Waals surface area contributed by atoms with E-state index in [1.165, 1.54) is 12.3 Å². The van der Waals surface area contributed by atoms with Gasteiger partial charge in [0.25, 0.3) is 0 Å². The summed E-state index contributed by atoms with van der Waals surface area (Å²) in [5, 5.41) is 10.2. The first-order valence-corrected chi connectivity index (χ1v) is 5.13. The van der Waals surface area contributed by atoms with E-state index in [-0.39, 0.29) is 5.82 Å². The van der Waals surface area contributed by atoms with Crippen LogP contribution in [0.2, 0.25) is 0 Å². The Kier molecular flexibility index (Phi) is 2.75. The first-order chi connectivity index (χ1) is 6.43. The molecule has 7 nitrogen and oxygen atoms in total. The molecule has 0 saturated heterocycles. The molecule has 8 heteroatoms. The molecule has 0 radical (unpaired) electrons. The van der Waals surface area contributed by atoms with Crippen LogP contribution >= 0.6 is 0 Å². The summed E-state index contributed by atoms with van der Waals surface area (Å²) in [5.41, 5.74) is 0. The molecule has 1 aromatic heterocycles. The first-order valence-electron chi connectivity index (χ1n) is 3.58. The van der Waals surface area contributed by atoms with Crippen LogP contribution in [0.5, 0.6) is 0 Å². The minimum Gasteiger partial charge on any atom is -0.480 e. The fraction of sp³-hybridized carbons (Fsp3) is 0.333. The molecule has 1 atom stereocenters. The zero-order chi connectivity index (χ0) is 10.8. The largest absolute Gasteiger partial charge is 0.480 e. The van der Waals surface area contributed by atoms with Crippen molar-refractivity contribution < 1.29 is 22.8 Å². The number of carboxylic acids is 1. The lowest BCUT2D eigenvalue weighted by molar-refractivity contribution is -0.136. The van der Waals surface area contributed by atoms with Crippen LogP contribution in [0.1, 0.15) is 6.92 Å². The summed E-state index contributed by atoms with van der Waals surface area (Å²) in [6.45, 7) is 1.06. The zero-order valence-electron chi connectivity index (χ0n) is 7.17. The zero-order valence-corrected chi connectivity index (χ0v) is 7.98. The maximum absolute atomic E-state index is 11.3. The summed E-state index contributed by atoms with van der Waals surface area (Å²) in [4.78, 5) is 10.4. The second-order valence-corrected chi connectivity index (χ2v) is 4.51. The number of hydrogen-bond donors (Lipinski definition) is 2. The molecule has 78 valence electrons. The van der Waals surface area contributed by atoms with Crippen LogP contribution in [0.25, 0.3) is 0 Å². The van der Waals surface area contributed by atoms with Gasteiger partial charge in [-0.3, -0.25) is 9.52 Å². The molecule has 0 aliphatic rings. The number of nitrogens with one attached hydrogen (secondary N) is 1. The van der Waals surface area contributed by atoms with Crippen molar-refractivity contribution in [2.24, 2.45) is 0 Å². The molecule has 0 aliphatic carbocycles. The minimum atomic E-state index is -3.95. The minimum absolute atomic E-state index is 0.0434. The molecule has 0 bridgehead atoms. The fourth-order valence-electron chi connectivity index (χ4n) is 0.632. The molecule has 2 N–H and O–H groups in total. The van der Waals surface area contributed by atoms with Crippen LogP contribution in [-0.4, -0.2) is 29.9 Å². The molecule has 0 saturated carbocycles. The number of sulfonamides is 1. The lowest BCUT2D eigenvalue weighted by atomic mass is 10.5. The third-order valence-electron chi connectivity index (χ3n) is 1.50. The lowest BCUT2D eigenvalue weighted by Crippen LogP contribution is -2.32. The fourth-order valence-corrected chi connectivity index (χ4v) is 1.47. The monoisotopic (exact) mass is 220 g/mol. The van der Waals surface area contributed by atoms with Gasteiger partial charge in [-0.1, -0.05) is 5.16 Å². The number of aromatic nitrogens is 1. The number of carboxylic acid groups (broad SMARTS) is 1. The van der Waals surface area contributed by atoms with Gasteiger partial charge in [0.1, 0.15) is 6.26 Å². The summed E-state index contributed by atoms with van der Waals surface area (Å²) >= 11 is 0. The molecular weight excluding hydrogens is 212 g/mol. The summed E-state index contributed by atoms with van der Waals surface area (Å²) in [7, 11) is -3.95. The van der Waals surface area contributed by atoms with Gasteiger partial charge in [-0.25, -0.2) is 8.42 Å². The van der Waals surface area contributed by atoms with Gasteiger partial charge >= 0.3 is 5.97 Å². The second-order valence-electron chi connectivity index (χ2n) is 2.51. The van der Waals surface area contributed by atoms with Gasteiger partial charge in [0.2, 0.25) is 10.0 Å². The van der Waals surface area contributed by atoms with E-state index in [1.807, 2.05) is 4.72 Å². The number of aliphatic carboxylic acids is 1. The number of anilines is 1. The molecule has 0 amide bonds. The first kappa shape index (κ1) is 10.5. The maximum Gasteiger partial charge on any atom is 0.323 e. The highest BCUT2D eigenvalue weighted by atomic mass is 32.2. The molecule has 1 aromatic rings. The van der Waals surface area contributed by atoms with Gasteiger partial charge in [-0.15, -0.1) is 0 Å². The van der Waals surface area contributed by atoms with E-state index in [0.717, 1.165) is 6.92 Å². The van der Waals surface area contributed by atoms with Crippen molar-refractivity contribution in [3.05, 3.63) is 12.3 Å². The van der Waals surface area contributed by atoms with Gasteiger partial charge in [-0.2, -0.15) is 0 Å². The Balaban J connectivity index is 2.83. The summed E-state index contributed by atoms with van der Waals surface area (Å²) in [6, 6.07) is 1.27. The topological polar surface area (TPSA) is 110 Å². The van der Waals surface area contributed by atoms with Crippen LogP contribution in [0, 0.1) is 0 Å². The standard InChI is InChI=1S/C6H8N2O5S/c1-4(6(9)10)14(11,12)8-5-2-3-13-7-5/h2-4H,1H3,(H,7,8)(H,9,10). The molecule has 0 spiro atoms. The maximum atomic E-state index is 11.3. The second kappa shape index (κ2) is 3.66. The third kappa shape index (κ3) is 2.22. The van der Waals surface area contributed by atoms with Crippen molar-refractivity contribution in [1.82, 2.24) is 5.16 Å². The van der Waals surface area contributed by atoms with Crippen molar-refractivity contribution in [3.8, 4) is 0 Å². The van der Waals surface area contributed by atoms with Crippen LogP contribution in [-0.2, 0) is 14.8 Å². The highest BCUT2D eigenvalue weighted by molar-refractivity contribution is 7.94. The van der Waals surface area contributed by atoms with Crippen molar-refractivity contribution >= 4 is 21.8 Å². The van der Waals surface area contributed by atoms with Crippen LogP contribution in [0.4, 0.5) is 5.82 Å². The smallest absolute Gasteiger partial charge is 0.323 e. The molecule has 1 rings (SSSR count). The number of carbonyl (C=O) groups is 1. The van der Waals surface area contributed by atoms with E-state index in [0.29, 0.717) is 0 Å². The van der Waals surface area contributed by atoms with Gasteiger partial charge in [0, 0.05) is 6.07 Å². The van der Waals surface area contributed by atoms with Crippen molar-refractivity contribution in [2.75, 3.05) is 4.72 Å². The third-order valence-corrected chi connectivity index (χ3v) is 3.12. The van der Waals surface area contributed by atoms with E-state index in [4.69, 9.17) is 5.11 Å². The van der Waals surface area contributed by atoms with E-state index in [2.05, 4.69) is 9.68 Å². The highest BCUT2D eigenvalue weighted by Gasteiger charge is 2.28. The Hall–Kier alpha value is -1.57. The summed E-state index contributed by atoms with van der Waals surface area (Å²) < 4.78 is 28.9. The average Bonchev–Trinajstić information content (AvgIpc) is 2.54. The van der Waals surface area contributed by atoms with Gasteiger partial charge in [-0.05, 0) is 6.92 Å². The van der Waals surface area contributed by atoms with Crippen LogP contribution < -0.4 is 4.72 Å². The van der Waals surface area contributed by atoms with E-state index >= 15 is 0 Å². The Bertz CT molecular complexity index is 409. The van der Waals surface area contributed by atoms with Crippen molar-refractivity contribution in [1.29, 1.82) is 0 Å². The Morgan fingerprint density at radius 1 is 1.71 bits per heavy atom. The van der Waals surface area contributed by atoms with Gasteiger partial charge < -0.3 is 9.63 Å². The molecule has 1 unspecified atom stereocenters. The van der Waals surface area contributed by atoms with E-state index in [1.54, 1.807) is 0 Å². The normalized spacial score (nSPS) is 13.5. The van der Waals surface area contributed by atoms with Crippen LogP contribution in [0.15, 0.2) is 16.9 Å². The van der Waals surface area contributed by atoms with Crippen LogP contribution in [0.3, 0.4) is 0 Å². The average molecular weight is 220 g/mol. The molecule has 14 heavy (non-hydrogen) atoms. The molecule has 1 heterocycles. The quantitative estimate of drug-likeness (QED) is 0.732. The SMILES string of the molecule is CC(C(=O)O)S(=O)(=O)Nc1ccon1. The van der Waals surface area contributed by atoms with Crippen molar-refractivity contribution in [3.63, 3.8) is 0 Å². The number of nitrogens with zero attached hydrogens (tertiary/aromatic N) is 1. The number of rotatable bonds is 4. The van der Waals surface area contributed by atoms with Gasteiger partial charge in [0.15, 0.2) is 11.1 Å². The molecule has 0 fully saturated rings. The van der Waals surface area contributed by atoms with Crippen molar-refractivity contribution in [2.45, 2.75) is 12.2 Å². The molecule has 0 aromatic carbocycles. The predicted molar refractivity (Wildman–Crippen MR) is 46.1 cm³/mol. The predicted octanol–water partition coefficient (Wildman–Crippen LogP) is -0.111. The Morgan fingerprint density at radius 3 is 2.79 bits per heavy atom. The van der Waals surface area contributed by atoms with E-state index in [9.17, 15) is 13.2 Å². The van der Waals surface area contributed by atoms with E-state index < -0.39 is 21.2 Å². The number of hydrogen-bond acceptors (Lipinski definition) is 5. The molecule has 0 aliphatic heterocycles. The van der Waals surface area contributed by atoms with Gasteiger partial charge in [0.05, 0.1) is 0 Å². The lowest BCUT2D eigenvalue weighted by Gasteiger charge is -2.07. The highest BCUT2D eigenvalue weighted by Crippen LogP contribution is 2.08.